The summed E-state index contributed by atoms with van der Waals surface area (Å²) in [5.74, 6) is -0.676. The fourth-order valence-corrected chi connectivity index (χ4v) is 3.33. The minimum Gasteiger partial charge on any atom is -0.421 e. The van der Waals surface area contributed by atoms with Gasteiger partial charge in [-0.15, -0.1) is 0 Å². The number of hydrogen-bond donors (Lipinski definition) is 1. The average molecular weight is 351 g/mol. The summed E-state index contributed by atoms with van der Waals surface area (Å²) in [7, 11) is 0. The van der Waals surface area contributed by atoms with Crippen LogP contribution >= 0.6 is 0 Å². The van der Waals surface area contributed by atoms with Gasteiger partial charge in [-0.25, -0.2) is 4.79 Å². The first-order valence-corrected chi connectivity index (χ1v) is 8.75. The summed E-state index contributed by atoms with van der Waals surface area (Å²) in [6, 6.07) is 19.1. The van der Waals surface area contributed by atoms with Crippen molar-refractivity contribution in [3.8, 4) is 0 Å². The minimum absolute atomic E-state index is 0.150. The highest BCUT2D eigenvalue weighted by atomic mass is 16.7. The fraction of sp³-hybridized carbons (Fsp3) is 0.286. The molecule has 4 rings (SSSR count). The highest BCUT2D eigenvalue weighted by Gasteiger charge is 2.34. The van der Waals surface area contributed by atoms with E-state index in [1.807, 2.05) is 61.5 Å². The van der Waals surface area contributed by atoms with E-state index in [0.717, 1.165) is 10.9 Å². The molecule has 1 unspecified atom stereocenters. The molecule has 1 aliphatic heterocycles. The van der Waals surface area contributed by atoms with Gasteiger partial charge in [0.15, 0.2) is 5.79 Å². The zero-order chi connectivity index (χ0) is 18.0. The smallest absolute Gasteiger partial charge is 0.359 e. The van der Waals surface area contributed by atoms with Crippen LogP contribution in [0.2, 0.25) is 0 Å². The first kappa shape index (κ1) is 16.8. The Kier molecular flexibility index (Phi) is 4.49. The molecule has 1 saturated heterocycles. The van der Waals surface area contributed by atoms with Gasteiger partial charge in [0.1, 0.15) is 11.3 Å². The number of benzene rings is 2. The van der Waals surface area contributed by atoms with Crippen LogP contribution in [0.4, 0.5) is 5.69 Å². The fourth-order valence-electron chi connectivity index (χ4n) is 3.33. The third-order valence-corrected chi connectivity index (χ3v) is 4.65. The lowest BCUT2D eigenvalue weighted by atomic mass is 9.99. The highest BCUT2D eigenvalue weighted by Crippen LogP contribution is 2.32. The standard InChI is InChI=1S/C21H21NO4/c1-21(24-11-12-25-21)14-18(15-7-3-2-4-8-15)22-17-13-16-9-5-6-10-19(16)26-20(17)23/h2-10,13,18,22H,11-12,14H2,1H3. The monoisotopic (exact) mass is 351 g/mol. The van der Waals surface area contributed by atoms with Crippen molar-refractivity contribution in [3.05, 3.63) is 76.6 Å². The molecule has 1 aromatic heterocycles. The van der Waals surface area contributed by atoms with Crippen molar-refractivity contribution in [2.75, 3.05) is 18.5 Å². The summed E-state index contributed by atoms with van der Waals surface area (Å²) < 4.78 is 17.0. The molecular weight excluding hydrogens is 330 g/mol. The maximum Gasteiger partial charge on any atom is 0.359 e. The molecule has 1 fully saturated rings. The Hall–Kier alpha value is -2.63. The second-order valence-electron chi connectivity index (χ2n) is 6.63. The van der Waals surface area contributed by atoms with Crippen molar-refractivity contribution < 1.29 is 13.9 Å². The van der Waals surface area contributed by atoms with Crippen molar-refractivity contribution in [1.82, 2.24) is 0 Å². The molecule has 26 heavy (non-hydrogen) atoms. The van der Waals surface area contributed by atoms with Crippen LogP contribution in [-0.4, -0.2) is 19.0 Å². The van der Waals surface area contributed by atoms with Gasteiger partial charge < -0.3 is 19.2 Å². The topological polar surface area (TPSA) is 60.7 Å². The van der Waals surface area contributed by atoms with Crippen molar-refractivity contribution >= 4 is 16.7 Å². The highest BCUT2D eigenvalue weighted by molar-refractivity contribution is 5.79. The maximum absolute atomic E-state index is 12.4. The Labute approximate surface area is 151 Å². The zero-order valence-electron chi connectivity index (χ0n) is 14.6. The van der Waals surface area contributed by atoms with Crippen LogP contribution in [-0.2, 0) is 9.47 Å². The molecule has 0 radical (unpaired) electrons. The quantitative estimate of drug-likeness (QED) is 0.701. The van der Waals surface area contributed by atoms with Gasteiger partial charge in [-0.3, -0.25) is 0 Å². The molecule has 5 heteroatoms. The molecule has 2 aromatic carbocycles. The Morgan fingerprint density at radius 2 is 1.73 bits per heavy atom. The van der Waals surface area contributed by atoms with Crippen LogP contribution in [0.5, 0.6) is 0 Å². The summed E-state index contributed by atoms with van der Waals surface area (Å²) in [6.07, 6.45) is 0.573. The van der Waals surface area contributed by atoms with E-state index in [0.29, 0.717) is 30.9 Å². The number of ether oxygens (including phenoxy) is 2. The summed E-state index contributed by atoms with van der Waals surface area (Å²) >= 11 is 0. The van der Waals surface area contributed by atoms with Crippen LogP contribution in [0, 0.1) is 0 Å². The SMILES string of the molecule is CC1(CC(Nc2cc3ccccc3oc2=O)c2ccccc2)OCCO1. The maximum atomic E-state index is 12.4. The number of para-hydroxylation sites is 1. The second-order valence-corrected chi connectivity index (χ2v) is 6.63. The van der Waals surface area contributed by atoms with E-state index >= 15 is 0 Å². The summed E-state index contributed by atoms with van der Waals surface area (Å²) in [6.45, 7) is 3.09. The lowest BCUT2D eigenvalue weighted by molar-refractivity contribution is -0.149. The van der Waals surface area contributed by atoms with E-state index in [9.17, 15) is 4.79 Å². The van der Waals surface area contributed by atoms with Gasteiger partial charge in [-0.2, -0.15) is 0 Å². The number of fused-ring (bicyclic) bond motifs is 1. The van der Waals surface area contributed by atoms with Crippen molar-refractivity contribution in [3.63, 3.8) is 0 Å². The molecule has 0 aliphatic carbocycles. The Morgan fingerprint density at radius 1 is 1.04 bits per heavy atom. The first-order valence-electron chi connectivity index (χ1n) is 8.75. The summed E-state index contributed by atoms with van der Waals surface area (Å²) in [5, 5.41) is 4.22. The van der Waals surface area contributed by atoms with Crippen molar-refractivity contribution in [2.24, 2.45) is 0 Å². The van der Waals surface area contributed by atoms with E-state index in [1.54, 1.807) is 6.07 Å². The normalized spacial score (nSPS) is 17.3. The molecule has 0 bridgehead atoms. The number of hydrogen-bond acceptors (Lipinski definition) is 5. The zero-order valence-corrected chi connectivity index (χ0v) is 14.6. The number of rotatable bonds is 5. The molecule has 0 saturated carbocycles. The van der Waals surface area contributed by atoms with Crippen LogP contribution in [0.1, 0.15) is 24.9 Å². The van der Waals surface area contributed by atoms with Gasteiger partial charge in [0.2, 0.25) is 0 Å². The number of anilines is 1. The van der Waals surface area contributed by atoms with Crippen molar-refractivity contribution in [1.29, 1.82) is 0 Å². The molecule has 3 aromatic rings. The molecule has 5 nitrogen and oxygen atoms in total. The van der Waals surface area contributed by atoms with Gasteiger partial charge in [-0.05, 0) is 24.6 Å². The summed E-state index contributed by atoms with van der Waals surface area (Å²) in [5.41, 5.74) is 1.68. The van der Waals surface area contributed by atoms with Gasteiger partial charge in [0, 0.05) is 11.8 Å². The van der Waals surface area contributed by atoms with Crippen LogP contribution < -0.4 is 10.9 Å². The van der Waals surface area contributed by atoms with Crippen molar-refractivity contribution in [2.45, 2.75) is 25.2 Å². The van der Waals surface area contributed by atoms with E-state index in [-0.39, 0.29) is 11.7 Å². The molecule has 2 heterocycles. The molecule has 0 amide bonds. The van der Waals surface area contributed by atoms with Gasteiger partial charge >= 0.3 is 5.63 Å². The van der Waals surface area contributed by atoms with Gasteiger partial charge in [-0.1, -0.05) is 48.5 Å². The largest absolute Gasteiger partial charge is 0.421 e. The molecule has 1 aliphatic rings. The third-order valence-electron chi connectivity index (χ3n) is 4.65. The van der Waals surface area contributed by atoms with Crippen LogP contribution in [0.3, 0.4) is 0 Å². The molecule has 1 atom stereocenters. The van der Waals surface area contributed by atoms with Gasteiger partial charge in [0.25, 0.3) is 0 Å². The molecule has 0 spiro atoms. The van der Waals surface area contributed by atoms with E-state index in [2.05, 4.69) is 5.32 Å². The third kappa shape index (κ3) is 3.49. The molecule has 134 valence electrons. The Balaban J connectivity index is 1.68. The minimum atomic E-state index is -0.676. The Bertz CT molecular complexity index is 945. The predicted octanol–water partition coefficient (Wildman–Crippen LogP) is 4.10. The average Bonchev–Trinajstić information content (AvgIpc) is 3.09. The predicted molar refractivity (Wildman–Crippen MR) is 100 cm³/mol. The van der Waals surface area contributed by atoms with Crippen LogP contribution in [0.25, 0.3) is 11.0 Å². The second kappa shape index (κ2) is 6.94. The first-order chi connectivity index (χ1) is 12.6. The molecular formula is C21H21NO4. The number of nitrogens with one attached hydrogen (secondary N) is 1. The van der Waals surface area contributed by atoms with E-state index in [4.69, 9.17) is 13.9 Å². The van der Waals surface area contributed by atoms with E-state index in [1.165, 1.54) is 0 Å². The Morgan fingerprint density at radius 3 is 2.50 bits per heavy atom. The van der Waals surface area contributed by atoms with Gasteiger partial charge in [0.05, 0.1) is 19.3 Å². The lowest BCUT2D eigenvalue weighted by Gasteiger charge is -2.29. The molecule has 1 N–H and O–H groups in total. The van der Waals surface area contributed by atoms with E-state index < -0.39 is 5.79 Å². The lowest BCUT2D eigenvalue weighted by Crippen LogP contribution is -2.31. The van der Waals surface area contributed by atoms with Crippen LogP contribution in [0.15, 0.2) is 69.9 Å². The summed E-state index contributed by atoms with van der Waals surface area (Å²) in [4.78, 5) is 12.4.